The van der Waals surface area contributed by atoms with E-state index in [0.29, 0.717) is 0 Å². The predicted octanol–water partition coefficient (Wildman–Crippen LogP) is 0.606. The average molecular weight is 204 g/mol. The average Bonchev–Trinajstić information content (AvgIpc) is 2.44. The van der Waals surface area contributed by atoms with Crippen molar-refractivity contribution >= 4 is 5.91 Å². The summed E-state index contributed by atoms with van der Waals surface area (Å²) in [5.41, 5.74) is 0. The van der Waals surface area contributed by atoms with Crippen molar-refractivity contribution in [2.45, 2.75) is 31.2 Å². The first-order chi connectivity index (χ1) is 6.61. The molecule has 0 saturated carbocycles. The van der Waals surface area contributed by atoms with E-state index in [0.717, 1.165) is 25.9 Å². The van der Waals surface area contributed by atoms with E-state index in [9.17, 15) is 13.6 Å². The molecule has 0 unspecified atom stereocenters. The second-order valence-corrected chi connectivity index (χ2v) is 3.93. The van der Waals surface area contributed by atoms with Gasteiger partial charge in [0.15, 0.2) is 0 Å². The lowest BCUT2D eigenvalue weighted by atomic mass is 10.1. The van der Waals surface area contributed by atoms with Gasteiger partial charge in [0, 0.05) is 19.0 Å². The number of halogens is 2. The normalized spacial score (nSPS) is 28.4. The van der Waals surface area contributed by atoms with Crippen LogP contribution in [0, 0.1) is 0 Å². The summed E-state index contributed by atoms with van der Waals surface area (Å²) in [5, 5.41) is 3.15. The van der Waals surface area contributed by atoms with E-state index in [1.807, 2.05) is 0 Å². The number of alkyl halides is 2. The summed E-state index contributed by atoms with van der Waals surface area (Å²) >= 11 is 0. The summed E-state index contributed by atoms with van der Waals surface area (Å²) in [6.07, 6.45) is 1.28. The molecule has 3 nitrogen and oxygen atoms in total. The molecule has 2 heterocycles. The Balaban J connectivity index is 2.02. The number of hydrogen-bond donors (Lipinski definition) is 1. The van der Waals surface area contributed by atoms with E-state index >= 15 is 0 Å². The fourth-order valence-electron chi connectivity index (χ4n) is 2.15. The van der Waals surface area contributed by atoms with Gasteiger partial charge in [0.25, 0.3) is 5.91 Å². The van der Waals surface area contributed by atoms with Crippen molar-refractivity contribution < 1.29 is 13.6 Å². The topological polar surface area (TPSA) is 32.3 Å². The minimum absolute atomic E-state index is 0.0251. The number of hydrogen-bond acceptors (Lipinski definition) is 2. The van der Waals surface area contributed by atoms with Crippen LogP contribution in [0.15, 0.2) is 0 Å². The number of likely N-dealkylation sites (tertiary alicyclic amines) is 1. The van der Waals surface area contributed by atoms with Gasteiger partial charge in [-0.1, -0.05) is 0 Å². The molecule has 2 fully saturated rings. The molecule has 2 saturated heterocycles. The van der Waals surface area contributed by atoms with Gasteiger partial charge in [-0.05, 0) is 25.9 Å². The summed E-state index contributed by atoms with van der Waals surface area (Å²) < 4.78 is 25.9. The third kappa shape index (κ3) is 1.61. The second kappa shape index (κ2) is 3.46. The van der Waals surface area contributed by atoms with Gasteiger partial charge in [-0.25, -0.2) is 0 Å². The van der Waals surface area contributed by atoms with Crippen LogP contribution in [-0.4, -0.2) is 42.4 Å². The van der Waals surface area contributed by atoms with Crippen LogP contribution < -0.4 is 5.32 Å². The van der Waals surface area contributed by atoms with Gasteiger partial charge in [0.05, 0.1) is 0 Å². The molecule has 80 valence electrons. The fraction of sp³-hybridized carbons (Fsp3) is 0.889. The Morgan fingerprint density at radius 2 is 2.00 bits per heavy atom. The van der Waals surface area contributed by atoms with E-state index in [4.69, 9.17) is 0 Å². The van der Waals surface area contributed by atoms with Crippen molar-refractivity contribution in [2.75, 3.05) is 19.6 Å². The first-order valence-electron chi connectivity index (χ1n) is 5.01. The van der Waals surface area contributed by atoms with Crippen LogP contribution in [-0.2, 0) is 4.79 Å². The standard InChI is InChI=1S/C9H14F2N2O/c10-9(11)3-6-13(8(9)14)7-1-4-12-5-2-7/h7,12H,1-6H2. The fourth-order valence-corrected chi connectivity index (χ4v) is 2.15. The molecule has 2 aliphatic rings. The first kappa shape index (κ1) is 9.83. The number of carbonyl (C=O) groups excluding carboxylic acids is 1. The maximum atomic E-state index is 12.9. The van der Waals surface area contributed by atoms with E-state index in [1.54, 1.807) is 0 Å². The molecule has 1 N–H and O–H groups in total. The molecule has 2 aliphatic heterocycles. The highest BCUT2D eigenvalue weighted by molar-refractivity contribution is 5.85. The SMILES string of the molecule is O=C1N(C2CCNCC2)CCC1(F)F. The van der Waals surface area contributed by atoms with E-state index in [1.165, 1.54) is 4.90 Å². The minimum Gasteiger partial charge on any atom is -0.334 e. The molecule has 0 atom stereocenters. The van der Waals surface area contributed by atoms with E-state index < -0.39 is 11.8 Å². The van der Waals surface area contributed by atoms with Gasteiger partial charge in [0.2, 0.25) is 0 Å². The third-order valence-corrected chi connectivity index (χ3v) is 2.99. The van der Waals surface area contributed by atoms with Crippen LogP contribution in [0.25, 0.3) is 0 Å². The first-order valence-corrected chi connectivity index (χ1v) is 5.01. The number of carbonyl (C=O) groups is 1. The molecule has 0 aromatic heterocycles. The zero-order valence-corrected chi connectivity index (χ0v) is 7.93. The predicted molar refractivity (Wildman–Crippen MR) is 47.2 cm³/mol. The third-order valence-electron chi connectivity index (χ3n) is 2.99. The second-order valence-electron chi connectivity index (χ2n) is 3.93. The zero-order chi connectivity index (χ0) is 10.2. The lowest BCUT2D eigenvalue weighted by Crippen LogP contribution is -2.45. The van der Waals surface area contributed by atoms with Gasteiger partial charge in [-0.3, -0.25) is 4.79 Å². The number of piperidine rings is 1. The van der Waals surface area contributed by atoms with Crippen LogP contribution in [0.1, 0.15) is 19.3 Å². The Hall–Kier alpha value is -0.710. The molecule has 0 aliphatic carbocycles. The van der Waals surface area contributed by atoms with Crippen molar-refractivity contribution in [1.82, 2.24) is 10.2 Å². The lowest BCUT2D eigenvalue weighted by Gasteiger charge is -2.31. The highest BCUT2D eigenvalue weighted by Gasteiger charge is 2.49. The van der Waals surface area contributed by atoms with Crippen molar-refractivity contribution in [3.63, 3.8) is 0 Å². The molecule has 0 spiro atoms. The Morgan fingerprint density at radius 1 is 1.36 bits per heavy atom. The quantitative estimate of drug-likeness (QED) is 0.678. The van der Waals surface area contributed by atoms with Crippen molar-refractivity contribution in [1.29, 1.82) is 0 Å². The highest BCUT2D eigenvalue weighted by atomic mass is 19.3. The molecule has 1 amide bonds. The van der Waals surface area contributed by atoms with Crippen LogP contribution in [0.3, 0.4) is 0 Å². The monoisotopic (exact) mass is 204 g/mol. The Kier molecular flexibility index (Phi) is 2.43. The summed E-state index contributed by atoms with van der Waals surface area (Å²) in [5.74, 6) is -4.07. The van der Waals surface area contributed by atoms with Crippen molar-refractivity contribution in [2.24, 2.45) is 0 Å². The molecular formula is C9H14F2N2O. The Labute approximate surface area is 81.4 Å². The number of rotatable bonds is 1. The minimum atomic E-state index is -3.11. The largest absolute Gasteiger partial charge is 0.334 e. The lowest BCUT2D eigenvalue weighted by molar-refractivity contribution is -0.149. The molecule has 2 rings (SSSR count). The van der Waals surface area contributed by atoms with Gasteiger partial charge < -0.3 is 10.2 Å². The molecular weight excluding hydrogens is 190 g/mol. The Morgan fingerprint density at radius 3 is 2.50 bits per heavy atom. The van der Waals surface area contributed by atoms with Gasteiger partial charge in [0.1, 0.15) is 0 Å². The highest BCUT2D eigenvalue weighted by Crippen LogP contribution is 2.31. The van der Waals surface area contributed by atoms with Crippen LogP contribution in [0.2, 0.25) is 0 Å². The van der Waals surface area contributed by atoms with Crippen LogP contribution in [0.5, 0.6) is 0 Å². The van der Waals surface area contributed by atoms with E-state index in [2.05, 4.69) is 5.32 Å². The van der Waals surface area contributed by atoms with Crippen LogP contribution >= 0.6 is 0 Å². The molecule has 0 aromatic rings. The molecule has 14 heavy (non-hydrogen) atoms. The summed E-state index contributed by atoms with van der Waals surface area (Å²) in [7, 11) is 0. The Bertz CT molecular complexity index is 239. The molecule has 0 aromatic carbocycles. The van der Waals surface area contributed by atoms with Gasteiger partial charge in [-0.15, -0.1) is 0 Å². The van der Waals surface area contributed by atoms with E-state index in [-0.39, 0.29) is 19.0 Å². The summed E-state index contributed by atoms with van der Waals surface area (Å²) in [4.78, 5) is 12.6. The van der Waals surface area contributed by atoms with Crippen molar-refractivity contribution in [3.05, 3.63) is 0 Å². The zero-order valence-electron chi connectivity index (χ0n) is 7.93. The smallest absolute Gasteiger partial charge is 0.326 e. The number of nitrogens with one attached hydrogen (secondary N) is 1. The number of nitrogens with zero attached hydrogens (tertiary/aromatic N) is 1. The van der Waals surface area contributed by atoms with Crippen molar-refractivity contribution in [3.8, 4) is 0 Å². The number of amides is 1. The molecule has 5 heteroatoms. The molecule has 0 bridgehead atoms. The van der Waals surface area contributed by atoms with Crippen LogP contribution in [0.4, 0.5) is 8.78 Å². The van der Waals surface area contributed by atoms with Gasteiger partial charge in [-0.2, -0.15) is 8.78 Å². The van der Waals surface area contributed by atoms with Gasteiger partial charge >= 0.3 is 5.92 Å². The summed E-state index contributed by atoms with van der Waals surface area (Å²) in [6.45, 7) is 1.86. The maximum Gasteiger partial charge on any atom is 0.326 e. The maximum absolute atomic E-state index is 12.9. The molecule has 0 radical (unpaired) electrons. The summed E-state index contributed by atoms with van der Waals surface area (Å²) in [6, 6.07) is 0.0251.